The SMILES string of the molecule is COC(=O)C1=Cc2cc(OCCN3CCOCC3)c(OC)cc2NC1O. The molecule has 2 aliphatic rings. The van der Waals surface area contributed by atoms with Crippen LogP contribution in [-0.2, 0) is 14.3 Å². The highest BCUT2D eigenvalue weighted by Gasteiger charge is 2.26. The van der Waals surface area contributed by atoms with Gasteiger partial charge >= 0.3 is 5.97 Å². The van der Waals surface area contributed by atoms with Gasteiger partial charge < -0.3 is 29.4 Å². The normalized spacial score (nSPS) is 19.8. The number of carbonyl (C=O) groups excluding carboxylic acids is 1. The van der Waals surface area contributed by atoms with Gasteiger partial charge in [0.1, 0.15) is 6.61 Å². The Balaban J connectivity index is 1.74. The van der Waals surface area contributed by atoms with Crippen molar-refractivity contribution < 1.29 is 28.8 Å². The minimum absolute atomic E-state index is 0.143. The minimum Gasteiger partial charge on any atom is -0.493 e. The van der Waals surface area contributed by atoms with Gasteiger partial charge in [0.2, 0.25) is 0 Å². The van der Waals surface area contributed by atoms with Crippen molar-refractivity contribution in [3.8, 4) is 11.5 Å². The van der Waals surface area contributed by atoms with Crippen molar-refractivity contribution >= 4 is 17.7 Å². The van der Waals surface area contributed by atoms with Crippen LogP contribution >= 0.6 is 0 Å². The first-order valence-corrected chi connectivity index (χ1v) is 8.52. The first-order chi connectivity index (χ1) is 12.6. The van der Waals surface area contributed by atoms with Gasteiger partial charge in [-0.2, -0.15) is 0 Å². The van der Waals surface area contributed by atoms with Crippen LogP contribution in [0.2, 0.25) is 0 Å². The van der Waals surface area contributed by atoms with Crippen molar-refractivity contribution in [2.75, 3.05) is 59.0 Å². The highest BCUT2D eigenvalue weighted by atomic mass is 16.5. The van der Waals surface area contributed by atoms with E-state index in [4.69, 9.17) is 18.9 Å². The van der Waals surface area contributed by atoms with Crippen molar-refractivity contribution in [2.45, 2.75) is 6.23 Å². The number of morpholine rings is 1. The second-order valence-electron chi connectivity index (χ2n) is 6.03. The summed E-state index contributed by atoms with van der Waals surface area (Å²) in [5, 5.41) is 12.9. The molecule has 2 heterocycles. The van der Waals surface area contributed by atoms with E-state index in [1.165, 1.54) is 7.11 Å². The third-order valence-corrected chi connectivity index (χ3v) is 4.42. The summed E-state index contributed by atoms with van der Waals surface area (Å²) in [6.07, 6.45) is 0.462. The number of methoxy groups -OCH3 is 2. The van der Waals surface area contributed by atoms with Crippen molar-refractivity contribution in [1.29, 1.82) is 0 Å². The number of aliphatic hydroxyl groups is 1. The zero-order valence-electron chi connectivity index (χ0n) is 15.0. The third-order valence-electron chi connectivity index (χ3n) is 4.42. The molecule has 26 heavy (non-hydrogen) atoms. The molecule has 0 bridgehead atoms. The lowest BCUT2D eigenvalue weighted by molar-refractivity contribution is -0.137. The van der Waals surface area contributed by atoms with E-state index in [1.54, 1.807) is 25.3 Å². The van der Waals surface area contributed by atoms with Crippen LogP contribution in [0.15, 0.2) is 17.7 Å². The Hall–Kier alpha value is -2.29. The van der Waals surface area contributed by atoms with Crippen molar-refractivity contribution in [3.63, 3.8) is 0 Å². The molecule has 0 aliphatic carbocycles. The summed E-state index contributed by atoms with van der Waals surface area (Å²) < 4.78 is 21.3. The summed E-state index contributed by atoms with van der Waals surface area (Å²) in [5.74, 6) is 0.555. The molecule has 0 saturated carbocycles. The molecule has 2 N–H and O–H groups in total. The lowest BCUT2D eigenvalue weighted by Crippen LogP contribution is -2.38. The van der Waals surface area contributed by atoms with Crippen LogP contribution in [0.3, 0.4) is 0 Å². The molecule has 3 rings (SSSR count). The monoisotopic (exact) mass is 364 g/mol. The Morgan fingerprint density at radius 3 is 2.77 bits per heavy atom. The Kier molecular flexibility index (Phi) is 5.97. The molecular formula is C18H24N2O6. The van der Waals surface area contributed by atoms with E-state index in [2.05, 4.69) is 10.2 Å². The average Bonchev–Trinajstić information content (AvgIpc) is 2.67. The molecule has 2 aliphatic heterocycles. The molecule has 8 heteroatoms. The number of nitrogens with one attached hydrogen (secondary N) is 1. The molecular weight excluding hydrogens is 340 g/mol. The van der Waals surface area contributed by atoms with Crippen molar-refractivity contribution in [3.05, 3.63) is 23.3 Å². The molecule has 1 unspecified atom stereocenters. The largest absolute Gasteiger partial charge is 0.493 e. The van der Waals surface area contributed by atoms with E-state index in [0.717, 1.165) is 38.4 Å². The van der Waals surface area contributed by atoms with E-state index in [9.17, 15) is 9.90 Å². The fourth-order valence-corrected chi connectivity index (χ4v) is 2.96. The molecule has 1 atom stereocenters. The zero-order valence-corrected chi connectivity index (χ0v) is 15.0. The minimum atomic E-state index is -1.13. The van der Waals surface area contributed by atoms with Gasteiger partial charge in [-0.25, -0.2) is 4.79 Å². The Bertz CT molecular complexity index is 685. The number of esters is 1. The fraction of sp³-hybridized carbons (Fsp3) is 0.500. The van der Waals surface area contributed by atoms with E-state index in [1.807, 2.05) is 0 Å². The summed E-state index contributed by atoms with van der Waals surface area (Å²) >= 11 is 0. The van der Waals surface area contributed by atoms with Gasteiger partial charge in [0, 0.05) is 37.0 Å². The van der Waals surface area contributed by atoms with Gasteiger partial charge in [-0.15, -0.1) is 0 Å². The summed E-state index contributed by atoms with van der Waals surface area (Å²) in [4.78, 5) is 14.1. The lowest BCUT2D eigenvalue weighted by atomic mass is 10.0. The summed E-state index contributed by atoms with van der Waals surface area (Å²) in [7, 11) is 2.84. The zero-order chi connectivity index (χ0) is 18.5. The standard InChI is InChI=1S/C18H24N2O6/c1-23-15-11-14-12(9-13(17(21)19-14)18(22)24-2)10-16(15)26-8-5-20-3-6-25-7-4-20/h9-11,17,19,21H,3-8H2,1-2H3. The van der Waals surface area contributed by atoms with Crippen molar-refractivity contribution in [1.82, 2.24) is 4.90 Å². The van der Waals surface area contributed by atoms with Gasteiger partial charge in [-0.05, 0) is 12.1 Å². The maximum absolute atomic E-state index is 11.8. The Morgan fingerprint density at radius 1 is 1.31 bits per heavy atom. The maximum Gasteiger partial charge on any atom is 0.338 e. The molecule has 1 fully saturated rings. The van der Waals surface area contributed by atoms with Crippen LogP contribution in [0.25, 0.3) is 6.08 Å². The number of fused-ring (bicyclic) bond motifs is 1. The number of carbonyl (C=O) groups is 1. The molecule has 0 aromatic heterocycles. The quantitative estimate of drug-likeness (QED) is 0.714. The van der Waals surface area contributed by atoms with E-state index < -0.39 is 12.2 Å². The molecule has 1 aromatic carbocycles. The van der Waals surface area contributed by atoms with Gasteiger partial charge in [0.05, 0.1) is 33.0 Å². The van der Waals surface area contributed by atoms with E-state index >= 15 is 0 Å². The van der Waals surface area contributed by atoms with E-state index in [0.29, 0.717) is 23.8 Å². The summed E-state index contributed by atoms with van der Waals surface area (Å²) in [6.45, 7) is 4.60. The molecule has 0 spiro atoms. The third kappa shape index (κ3) is 4.09. The molecule has 0 amide bonds. The van der Waals surface area contributed by atoms with Gasteiger partial charge in [0.25, 0.3) is 0 Å². The van der Waals surface area contributed by atoms with Gasteiger partial charge in [0.15, 0.2) is 17.7 Å². The molecule has 8 nitrogen and oxygen atoms in total. The Labute approximate surface area is 152 Å². The van der Waals surface area contributed by atoms with Crippen LogP contribution in [0, 0.1) is 0 Å². The van der Waals surface area contributed by atoms with Crippen LogP contribution in [-0.4, -0.2) is 75.9 Å². The smallest absolute Gasteiger partial charge is 0.338 e. The van der Waals surface area contributed by atoms with Crippen LogP contribution < -0.4 is 14.8 Å². The number of benzene rings is 1. The summed E-state index contributed by atoms with van der Waals surface area (Å²) in [5.41, 5.74) is 1.52. The number of hydrogen-bond donors (Lipinski definition) is 2. The number of hydrogen-bond acceptors (Lipinski definition) is 8. The summed E-state index contributed by atoms with van der Waals surface area (Å²) in [6, 6.07) is 3.53. The van der Waals surface area contributed by atoms with Crippen LogP contribution in [0.4, 0.5) is 5.69 Å². The molecule has 1 saturated heterocycles. The maximum atomic E-state index is 11.8. The first-order valence-electron chi connectivity index (χ1n) is 8.52. The van der Waals surface area contributed by atoms with Crippen molar-refractivity contribution in [2.24, 2.45) is 0 Å². The Morgan fingerprint density at radius 2 is 2.08 bits per heavy atom. The second kappa shape index (κ2) is 8.39. The number of rotatable bonds is 6. The molecule has 142 valence electrons. The number of aliphatic hydroxyl groups excluding tert-OH is 1. The lowest BCUT2D eigenvalue weighted by Gasteiger charge is -2.27. The molecule has 1 aromatic rings. The topological polar surface area (TPSA) is 89.5 Å². The number of anilines is 1. The number of nitrogens with zero attached hydrogens (tertiary/aromatic N) is 1. The average molecular weight is 364 g/mol. The fourth-order valence-electron chi connectivity index (χ4n) is 2.96. The predicted octanol–water partition coefficient (Wildman–Crippen LogP) is 0.706. The van der Waals surface area contributed by atoms with E-state index in [-0.39, 0.29) is 5.57 Å². The predicted molar refractivity (Wildman–Crippen MR) is 95.4 cm³/mol. The highest BCUT2D eigenvalue weighted by Crippen LogP contribution is 2.37. The van der Waals surface area contributed by atoms with Crippen LogP contribution in [0.1, 0.15) is 5.56 Å². The first kappa shape index (κ1) is 18.5. The number of ether oxygens (including phenoxy) is 4. The highest BCUT2D eigenvalue weighted by molar-refractivity contribution is 5.98. The van der Waals surface area contributed by atoms with Crippen LogP contribution in [0.5, 0.6) is 11.5 Å². The molecule has 0 radical (unpaired) electrons. The van der Waals surface area contributed by atoms with Gasteiger partial charge in [-0.3, -0.25) is 4.90 Å². The second-order valence-corrected chi connectivity index (χ2v) is 6.03. The van der Waals surface area contributed by atoms with Gasteiger partial charge in [-0.1, -0.05) is 0 Å².